The summed E-state index contributed by atoms with van der Waals surface area (Å²) >= 11 is 6.34. The Morgan fingerprint density at radius 2 is 2.03 bits per heavy atom. The molecule has 4 rings (SSSR count). The number of nitrogens with zero attached hydrogens (tertiary/aromatic N) is 4. The zero-order valence-corrected chi connectivity index (χ0v) is 17.2. The first kappa shape index (κ1) is 20.1. The minimum absolute atomic E-state index is 0.0773. The molecule has 1 fully saturated rings. The van der Waals surface area contributed by atoms with Crippen molar-refractivity contribution in [3.8, 4) is 16.9 Å². The van der Waals surface area contributed by atoms with E-state index < -0.39 is 0 Å². The molecule has 30 heavy (non-hydrogen) atoms. The highest BCUT2D eigenvalue weighted by Gasteiger charge is 2.26. The maximum atomic E-state index is 11.8. The van der Waals surface area contributed by atoms with Gasteiger partial charge < -0.3 is 15.6 Å². The van der Waals surface area contributed by atoms with Gasteiger partial charge in [0, 0.05) is 43.0 Å². The lowest BCUT2D eigenvalue weighted by Crippen LogP contribution is -2.34. The van der Waals surface area contributed by atoms with Gasteiger partial charge in [0.25, 0.3) is 0 Å². The number of nitrogens with one attached hydrogen (secondary N) is 3. The summed E-state index contributed by atoms with van der Waals surface area (Å²) in [7, 11) is 1.68. The fourth-order valence-electron chi connectivity index (χ4n) is 3.66. The highest BCUT2D eigenvalue weighted by atomic mass is 35.5. The summed E-state index contributed by atoms with van der Waals surface area (Å²) in [6.07, 6.45) is 10.0. The molecule has 3 heterocycles. The smallest absolute Gasteiger partial charge is 0.248 e. The van der Waals surface area contributed by atoms with Crippen LogP contribution in [0.5, 0.6) is 0 Å². The number of anilines is 1. The van der Waals surface area contributed by atoms with Crippen molar-refractivity contribution in [2.45, 2.75) is 31.7 Å². The lowest BCUT2D eigenvalue weighted by Gasteiger charge is -2.28. The maximum absolute atomic E-state index is 11.8. The maximum Gasteiger partial charge on any atom is 0.248 e. The van der Waals surface area contributed by atoms with Crippen LogP contribution >= 0.6 is 11.6 Å². The standard InChI is InChI=1S/C20H22ClN7O2/c1-22-19(30)12-2-4-14(5-3-12)26-20-24-10-16(21)18(27-20)13-8-25-28(11-13)15-6-7-17(29)23-9-15/h6-12,14H,2-5H2,1H3,(H,22,30)(H,23,29)(H,24,26,27)/t12-,14-. The van der Waals surface area contributed by atoms with E-state index in [-0.39, 0.29) is 23.4 Å². The van der Waals surface area contributed by atoms with E-state index in [1.165, 1.54) is 6.07 Å². The first-order valence-electron chi connectivity index (χ1n) is 9.78. The number of rotatable bonds is 5. The topological polar surface area (TPSA) is 118 Å². The van der Waals surface area contributed by atoms with E-state index in [0.717, 1.165) is 36.9 Å². The van der Waals surface area contributed by atoms with Crippen molar-refractivity contribution in [1.82, 2.24) is 30.0 Å². The number of aromatic amines is 1. The zero-order valence-electron chi connectivity index (χ0n) is 16.4. The van der Waals surface area contributed by atoms with Crippen LogP contribution in [0.4, 0.5) is 5.95 Å². The van der Waals surface area contributed by atoms with Crippen LogP contribution in [0.2, 0.25) is 5.02 Å². The molecule has 9 nitrogen and oxygen atoms in total. The van der Waals surface area contributed by atoms with Gasteiger partial charge in [0.1, 0.15) is 0 Å². The van der Waals surface area contributed by atoms with Gasteiger partial charge in [-0.15, -0.1) is 0 Å². The van der Waals surface area contributed by atoms with Crippen LogP contribution in [0.25, 0.3) is 16.9 Å². The van der Waals surface area contributed by atoms with Gasteiger partial charge in [0.15, 0.2) is 0 Å². The Morgan fingerprint density at radius 3 is 2.73 bits per heavy atom. The van der Waals surface area contributed by atoms with Crippen LogP contribution in [0.1, 0.15) is 25.7 Å². The van der Waals surface area contributed by atoms with E-state index in [2.05, 4.69) is 30.7 Å². The number of H-pyrrole nitrogens is 1. The third-order valence-electron chi connectivity index (χ3n) is 5.31. The summed E-state index contributed by atoms with van der Waals surface area (Å²) in [5, 5.41) is 10.8. The second-order valence-corrected chi connectivity index (χ2v) is 7.69. The van der Waals surface area contributed by atoms with E-state index in [0.29, 0.717) is 16.7 Å². The van der Waals surface area contributed by atoms with Gasteiger partial charge in [-0.2, -0.15) is 5.10 Å². The molecule has 0 aromatic carbocycles. The van der Waals surface area contributed by atoms with Crippen molar-refractivity contribution in [2.24, 2.45) is 5.92 Å². The number of pyridine rings is 1. The average Bonchev–Trinajstić information content (AvgIpc) is 3.25. The molecule has 0 bridgehead atoms. The Morgan fingerprint density at radius 1 is 1.23 bits per heavy atom. The van der Waals surface area contributed by atoms with Crippen molar-refractivity contribution in [3.63, 3.8) is 0 Å². The number of carbonyl (C=O) groups is 1. The molecule has 0 spiro atoms. The minimum Gasteiger partial charge on any atom is -0.359 e. The van der Waals surface area contributed by atoms with Crippen molar-refractivity contribution in [3.05, 3.63) is 52.3 Å². The van der Waals surface area contributed by atoms with Gasteiger partial charge in [-0.3, -0.25) is 9.59 Å². The molecule has 1 aliphatic carbocycles. The molecular formula is C20H22ClN7O2. The normalized spacial score (nSPS) is 18.7. The Balaban J connectivity index is 1.48. The summed E-state index contributed by atoms with van der Waals surface area (Å²) in [5.74, 6) is 0.682. The highest BCUT2D eigenvalue weighted by Crippen LogP contribution is 2.29. The minimum atomic E-state index is -0.176. The summed E-state index contributed by atoms with van der Waals surface area (Å²) in [5.41, 5.74) is 1.85. The van der Waals surface area contributed by atoms with Crippen molar-refractivity contribution in [1.29, 1.82) is 0 Å². The Hall–Kier alpha value is -3.20. The second-order valence-electron chi connectivity index (χ2n) is 7.28. The first-order valence-corrected chi connectivity index (χ1v) is 10.2. The molecule has 0 saturated heterocycles. The molecule has 1 amide bonds. The predicted octanol–water partition coefficient (Wildman–Crippen LogP) is 2.39. The van der Waals surface area contributed by atoms with E-state index in [9.17, 15) is 9.59 Å². The van der Waals surface area contributed by atoms with Gasteiger partial charge in [0.2, 0.25) is 17.4 Å². The summed E-state index contributed by atoms with van der Waals surface area (Å²) in [6.45, 7) is 0. The number of hydrogen-bond acceptors (Lipinski definition) is 6. The highest BCUT2D eigenvalue weighted by molar-refractivity contribution is 6.32. The van der Waals surface area contributed by atoms with Crippen molar-refractivity contribution in [2.75, 3.05) is 12.4 Å². The number of carbonyl (C=O) groups excluding carboxylic acids is 1. The third-order valence-corrected chi connectivity index (χ3v) is 5.59. The lowest BCUT2D eigenvalue weighted by molar-refractivity contribution is -0.125. The molecule has 0 atom stereocenters. The Labute approximate surface area is 177 Å². The van der Waals surface area contributed by atoms with Gasteiger partial charge in [-0.1, -0.05) is 11.6 Å². The molecule has 3 aromatic rings. The monoisotopic (exact) mass is 427 g/mol. The molecule has 10 heteroatoms. The summed E-state index contributed by atoms with van der Waals surface area (Å²) < 4.78 is 1.64. The molecule has 0 aliphatic heterocycles. The first-order chi connectivity index (χ1) is 14.5. The van der Waals surface area contributed by atoms with Crippen LogP contribution in [0, 0.1) is 5.92 Å². The predicted molar refractivity (Wildman–Crippen MR) is 114 cm³/mol. The Kier molecular flexibility index (Phi) is 5.80. The zero-order chi connectivity index (χ0) is 21.1. The average molecular weight is 428 g/mol. The summed E-state index contributed by atoms with van der Waals surface area (Å²) in [6, 6.07) is 3.33. The van der Waals surface area contributed by atoms with Crippen LogP contribution < -0.4 is 16.2 Å². The van der Waals surface area contributed by atoms with E-state index >= 15 is 0 Å². The molecule has 0 radical (unpaired) electrons. The quantitative estimate of drug-likeness (QED) is 0.575. The second kappa shape index (κ2) is 8.66. The summed E-state index contributed by atoms with van der Waals surface area (Å²) in [4.78, 5) is 34.6. The van der Waals surface area contributed by atoms with Crippen molar-refractivity contribution < 1.29 is 4.79 Å². The number of amides is 1. The molecule has 1 saturated carbocycles. The molecule has 3 N–H and O–H groups in total. The number of halogens is 1. The third kappa shape index (κ3) is 4.35. The van der Waals surface area contributed by atoms with Gasteiger partial charge in [-0.05, 0) is 31.7 Å². The van der Waals surface area contributed by atoms with E-state index in [1.54, 1.807) is 42.6 Å². The van der Waals surface area contributed by atoms with Crippen LogP contribution in [-0.4, -0.2) is 43.7 Å². The number of hydrogen-bond donors (Lipinski definition) is 3. The van der Waals surface area contributed by atoms with Gasteiger partial charge in [0.05, 0.1) is 28.8 Å². The van der Waals surface area contributed by atoms with Crippen LogP contribution in [0.15, 0.2) is 41.7 Å². The largest absolute Gasteiger partial charge is 0.359 e. The molecule has 1 aliphatic rings. The molecule has 156 valence electrons. The van der Waals surface area contributed by atoms with E-state index in [4.69, 9.17) is 11.6 Å². The van der Waals surface area contributed by atoms with Crippen LogP contribution in [0.3, 0.4) is 0 Å². The van der Waals surface area contributed by atoms with Gasteiger partial charge >= 0.3 is 0 Å². The van der Waals surface area contributed by atoms with Crippen LogP contribution in [-0.2, 0) is 4.79 Å². The Bertz CT molecular complexity index is 1080. The molecule has 3 aromatic heterocycles. The molecule has 0 unspecified atom stereocenters. The van der Waals surface area contributed by atoms with Crippen molar-refractivity contribution >= 4 is 23.5 Å². The fraction of sp³-hybridized carbons (Fsp3) is 0.350. The van der Waals surface area contributed by atoms with Gasteiger partial charge in [-0.25, -0.2) is 14.6 Å². The lowest BCUT2D eigenvalue weighted by atomic mass is 9.85. The molecular weight excluding hydrogens is 406 g/mol. The number of aromatic nitrogens is 5. The SMILES string of the molecule is CNC(=O)[C@H]1CC[C@H](Nc2ncc(Cl)c(-c3cnn(-c4ccc(=O)[nH]c4)c3)n2)CC1. The fourth-order valence-corrected chi connectivity index (χ4v) is 3.86. The van der Waals surface area contributed by atoms with E-state index in [1.807, 2.05) is 0 Å².